The summed E-state index contributed by atoms with van der Waals surface area (Å²) in [5, 5.41) is 9.36. The van der Waals surface area contributed by atoms with E-state index in [1.165, 1.54) is 19.3 Å². The maximum atomic E-state index is 11.9. The van der Waals surface area contributed by atoms with E-state index in [1.807, 2.05) is 37.3 Å². The van der Waals surface area contributed by atoms with Gasteiger partial charge in [0.2, 0.25) is 5.91 Å². The maximum absolute atomic E-state index is 11.9. The van der Waals surface area contributed by atoms with Crippen LogP contribution in [0.25, 0.3) is 0 Å². The number of nitrogens with one attached hydrogen (secondary N) is 3. The molecule has 0 aliphatic heterocycles. The Balaban J connectivity index is 0.00000576. The highest BCUT2D eigenvalue weighted by Crippen LogP contribution is 1.99. The minimum Gasteiger partial charge on any atom is -0.357 e. The summed E-state index contributed by atoms with van der Waals surface area (Å²) in [5.74, 6) is 0.843. The molecule has 3 N–H and O–H groups in total. The van der Waals surface area contributed by atoms with Crippen molar-refractivity contribution in [3.05, 3.63) is 35.9 Å². The first-order chi connectivity index (χ1) is 11.8. The van der Waals surface area contributed by atoms with Gasteiger partial charge in [0.15, 0.2) is 5.96 Å². The second-order valence-electron chi connectivity index (χ2n) is 5.76. The average molecular weight is 460 g/mol. The fourth-order valence-corrected chi connectivity index (χ4v) is 2.25. The van der Waals surface area contributed by atoms with Gasteiger partial charge in [0, 0.05) is 32.6 Å². The summed E-state index contributed by atoms with van der Waals surface area (Å²) < 4.78 is 0. The van der Waals surface area contributed by atoms with Gasteiger partial charge in [-0.1, -0.05) is 56.5 Å². The third kappa shape index (κ3) is 12.7. The number of hydrogen-bond acceptors (Lipinski definition) is 2. The highest BCUT2D eigenvalue weighted by molar-refractivity contribution is 14.0. The van der Waals surface area contributed by atoms with Crippen molar-refractivity contribution >= 4 is 35.8 Å². The minimum absolute atomic E-state index is 0. The molecular weight excluding hydrogens is 427 g/mol. The van der Waals surface area contributed by atoms with Gasteiger partial charge in [-0.25, -0.2) is 0 Å². The Labute approximate surface area is 169 Å². The maximum Gasteiger partial charge on any atom is 0.222 e. The van der Waals surface area contributed by atoms with Gasteiger partial charge in [-0.2, -0.15) is 0 Å². The molecule has 0 atom stereocenters. The zero-order valence-electron chi connectivity index (χ0n) is 15.5. The number of aliphatic imine (C=N–C) groups is 1. The Bertz CT molecular complexity index is 480. The van der Waals surface area contributed by atoms with Gasteiger partial charge in [-0.3, -0.25) is 9.79 Å². The van der Waals surface area contributed by atoms with Crippen LogP contribution >= 0.6 is 24.0 Å². The van der Waals surface area contributed by atoms with E-state index in [4.69, 9.17) is 0 Å². The number of benzene rings is 1. The van der Waals surface area contributed by atoms with Crippen molar-refractivity contribution < 1.29 is 4.79 Å². The summed E-state index contributed by atoms with van der Waals surface area (Å²) in [4.78, 5) is 16.4. The SMILES string of the molecule is CCCCCCN=C(NCC)NCCC(=O)NCc1ccccc1.I. The van der Waals surface area contributed by atoms with Crippen LogP contribution < -0.4 is 16.0 Å². The van der Waals surface area contributed by atoms with Crippen molar-refractivity contribution in [3.8, 4) is 0 Å². The van der Waals surface area contributed by atoms with Crippen LogP contribution in [0.4, 0.5) is 0 Å². The Kier molecular flexibility index (Phi) is 15.3. The highest BCUT2D eigenvalue weighted by Gasteiger charge is 2.02. The lowest BCUT2D eigenvalue weighted by Gasteiger charge is -2.11. The van der Waals surface area contributed by atoms with Crippen molar-refractivity contribution in [2.75, 3.05) is 19.6 Å². The normalized spacial score (nSPS) is 10.7. The number of rotatable bonds is 11. The molecule has 1 aromatic carbocycles. The van der Waals surface area contributed by atoms with Crippen LogP contribution in [0.2, 0.25) is 0 Å². The highest BCUT2D eigenvalue weighted by atomic mass is 127. The van der Waals surface area contributed by atoms with Gasteiger partial charge in [-0.05, 0) is 18.9 Å². The van der Waals surface area contributed by atoms with Crippen molar-refractivity contribution in [3.63, 3.8) is 0 Å². The third-order valence-corrected chi connectivity index (χ3v) is 3.60. The summed E-state index contributed by atoms with van der Waals surface area (Å²) in [6.07, 6.45) is 5.28. The number of unbranched alkanes of at least 4 members (excludes halogenated alkanes) is 3. The number of amides is 1. The van der Waals surface area contributed by atoms with Crippen LogP contribution in [0.5, 0.6) is 0 Å². The molecule has 0 bridgehead atoms. The van der Waals surface area contributed by atoms with Crippen LogP contribution in [0.3, 0.4) is 0 Å². The Morgan fingerprint density at radius 3 is 2.44 bits per heavy atom. The molecule has 0 aliphatic rings. The lowest BCUT2D eigenvalue weighted by molar-refractivity contribution is -0.121. The Hall–Kier alpha value is -1.31. The van der Waals surface area contributed by atoms with E-state index in [2.05, 4.69) is 27.9 Å². The molecule has 0 aromatic heterocycles. The molecule has 0 radical (unpaired) electrons. The molecule has 5 nitrogen and oxygen atoms in total. The fourth-order valence-electron chi connectivity index (χ4n) is 2.25. The zero-order chi connectivity index (χ0) is 17.5. The molecule has 0 heterocycles. The van der Waals surface area contributed by atoms with Gasteiger partial charge in [0.1, 0.15) is 0 Å². The van der Waals surface area contributed by atoms with Gasteiger partial charge in [0.05, 0.1) is 0 Å². The van der Waals surface area contributed by atoms with E-state index in [-0.39, 0.29) is 29.9 Å². The summed E-state index contributed by atoms with van der Waals surface area (Å²) in [7, 11) is 0. The molecule has 25 heavy (non-hydrogen) atoms. The first kappa shape index (κ1) is 23.7. The average Bonchev–Trinajstić information content (AvgIpc) is 2.60. The van der Waals surface area contributed by atoms with Crippen molar-refractivity contribution in [1.29, 1.82) is 0 Å². The molecule has 1 amide bonds. The molecule has 6 heteroatoms. The predicted octanol–water partition coefficient (Wildman–Crippen LogP) is 3.45. The smallest absolute Gasteiger partial charge is 0.222 e. The van der Waals surface area contributed by atoms with E-state index >= 15 is 0 Å². The Morgan fingerprint density at radius 1 is 1.00 bits per heavy atom. The minimum atomic E-state index is 0. The van der Waals surface area contributed by atoms with E-state index in [0.29, 0.717) is 19.5 Å². The lowest BCUT2D eigenvalue weighted by Crippen LogP contribution is -2.39. The van der Waals surface area contributed by atoms with Crippen LogP contribution in [0, 0.1) is 0 Å². The molecule has 1 rings (SSSR count). The van der Waals surface area contributed by atoms with Gasteiger partial charge in [-0.15, -0.1) is 24.0 Å². The number of carbonyl (C=O) groups is 1. The van der Waals surface area contributed by atoms with E-state index < -0.39 is 0 Å². The largest absolute Gasteiger partial charge is 0.357 e. The molecule has 142 valence electrons. The second-order valence-corrected chi connectivity index (χ2v) is 5.76. The van der Waals surface area contributed by atoms with Gasteiger partial charge >= 0.3 is 0 Å². The number of halogens is 1. The van der Waals surface area contributed by atoms with Crippen LogP contribution in [0.1, 0.15) is 51.5 Å². The first-order valence-corrected chi connectivity index (χ1v) is 9.09. The quantitative estimate of drug-likeness (QED) is 0.205. The predicted molar refractivity (Wildman–Crippen MR) is 116 cm³/mol. The van der Waals surface area contributed by atoms with Gasteiger partial charge < -0.3 is 16.0 Å². The molecule has 0 fully saturated rings. The van der Waals surface area contributed by atoms with E-state index in [0.717, 1.165) is 31.0 Å². The molecular formula is C19H33IN4O. The first-order valence-electron chi connectivity index (χ1n) is 9.09. The van der Waals surface area contributed by atoms with E-state index in [9.17, 15) is 4.79 Å². The standard InChI is InChI=1S/C19H32N4O.HI/c1-3-5-6-10-14-21-19(20-4-2)22-15-13-18(24)23-16-17-11-8-7-9-12-17;/h7-9,11-12H,3-6,10,13-16H2,1-2H3,(H,23,24)(H2,20,21,22);1H. The second kappa shape index (κ2) is 16.2. The molecule has 0 aliphatic carbocycles. The number of carbonyl (C=O) groups excluding carboxylic acids is 1. The van der Waals surface area contributed by atoms with Crippen LogP contribution in [0.15, 0.2) is 35.3 Å². The summed E-state index contributed by atoms with van der Waals surface area (Å²) in [5.41, 5.74) is 1.11. The van der Waals surface area contributed by atoms with Crippen molar-refractivity contribution in [2.45, 2.75) is 52.5 Å². The Morgan fingerprint density at radius 2 is 1.76 bits per heavy atom. The molecule has 1 aromatic rings. The van der Waals surface area contributed by atoms with E-state index in [1.54, 1.807) is 0 Å². The molecule has 0 unspecified atom stereocenters. The summed E-state index contributed by atoms with van der Waals surface area (Å²) in [6.45, 7) is 7.06. The fraction of sp³-hybridized carbons (Fsp3) is 0.579. The topological polar surface area (TPSA) is 65.5 Å². The third-order valence-electron chi connectivity index (χ3n) is 3.60. The van der Waals surface area contributed by atoms with Crippen LogP contribution in [-0.4, -0.2) is 31.5 Å². The molecule has 0 spiro atoms. The molecule has 0 saturated carbocycles. The number of hydrogen-bond donors (Lipinski definition) is 3. The zero-order valence-corrected chi connectivity index (χ0v) is 17.8. The summed E-state index contributed by atoms with van der Waals surface area (Å²) >= 11 is 0. The lowest BCUT2D eigenvalue weighted by atomic mass is 10.2. The van der Waals surface area contributed by atoms with Crippen LogP contribution in [-0.2, 0) is 11.3 Å². The van der Waals surface area contributed by atoms with Crippen molar-refractivity contribution in [2.24, 2.45) is 4.99 Å². The summed E-state index contributed by atoms with van der Waals surface area (Å²) in [6, 6.07) is 9.94. The number of nitrogens with zero attached hydrogens (tertiary/aromatic N) is 1. The molecule has 0 saturated heterocycles. The van der Waals surface area contributed by atoms with Crippen molar-refractivity contribution in [1.82, 2.24) is 16.0 Å². The van der Waals surface area contributed by atoms with Gasteiger partial charge in [0.25, 0.3) is 0 Å². The monoisotopic (exact) mass is 460 g/mol. The number of guanidine groups is 1.